The summed E-state index contributed by atoms with van der Waals surface area (Å²) in [6, 6.07) is 26.7. The number of hydrogen-bond acceptors (Lipinski definition) is 7. The molecule has 4 aromatic rings. The van der Waals surface area contributed by atoms with Gasteiger partial charge in [0, 0.05) is 5.56 Å². The molecule has 0 atom stereocenters. The minimum absolute atomic E-state index is 0.261. The number of hydrogen-bond donors (Lipinski definition) is 1. The van der Waals surface area contributed by atoms with Crippen molar-refractivity contribution >= 4 is 18.1 Å². The Balaban J connectivity index is 1.29. The third-order valence-corrected chi connectivity index (χ3v) is 6.27. The van der Waals surface area contributed by atoms with Gasteiger partial charge in [0.25, 0.3) is 5.91 Å². The molecule has 4 aromatic carbocycles. The van der Waals surface area contributed by atoms with Crippen LogP contribution in [0.3, 0.4) is 0 Å². The van der Waals surface area contributed by atoms with Gasteiger partial charge in [-0.2, -0.15) is 5.10 Å². The number of aryl methyl sites for hydroxylation is 1. The van der Waals surface area contributed by atoms with Crippen molar-refractivity contribution in [1.29, 1.82) is 0 Å². The number of hydrazone groups is 1. The highest BCUT2D eigenvalue weighted by molar-refractivity contribution is 5.95. The lowest BCUT2D eigenvalue weighted by Crippen LogP contribution is -2.17. The van der Waals surface area contributed by atoms with Crippen LogP contribution in [-0.2, 0) is 6.61 Å². The van der Waals surface area contributed by atoms with Gasteiger partial charge in [0.05, 0.1) is 25.5 Å². The summed E-state index contributed by atoms with van der Waals surface area (Å²) in [6.07, 6.45) is 3.49. The lowest BCUT2D eigenvalue weighted by molar-refractivity contribution is 0.0729. The summed E-state index contributed by atoms with van der Waals surface area (Å²) in [5.41, 5.74) is 6.24. The molecule has 0 aliphatic heterocycles. The number of nitrogens with zero attached hydrogens (tertiary/aromatic N) is 1. The number of methoxy groups -OCH3 is 1. The first kappa shape index (κ1) is 29.9. The predicted molar refractivity (Wildman–Crippen MR) is 162 cm³/mol. The van der Waals surface area contributed by atoms with Crippen molar-refractivity contribution in [1.82, 2.24) is 5.43 Å². The number of carbonyl (C=O) groups excluding carboxylic acids is 2. The van der Waals surface area contributed by atoms with Crippen LogP contribution in [0.5, 0.6) is 23.0 Å². The highest BCUT2D eigenvalue weighted by Crippen LogP contribution is 2.28. The first-order chi connectivity index (χ1) is 20.4. The number of nitrogens with one attached hydrogen (secondary N) is 1. The Morgan fingerprint density at radius 2 is 1.48 bits per heavy atom. The van der Waals surface area contributed by atoms with Crippen molar-refractivity contribution in [3.63, 3.8) is 0 Å². The Morgan fingerprint density at radius 1 is 0.810 bits per heavy atom. The monoisotopic (exact) mass is 566 g/mol. The van der Waals surface area contributed by atoms with E-state index in [0.717, 1.165) is 18.4 Å². The van der Waals surface area contributed by atoms with Crippen LogP contribution in [0, 0.1) is 6.92 Å². The van der Waals surface area contributed by atoms with Crippen molar-refractivity contribution < 1.29 is 28.5 Å². The van der Waals surface area contributed by atoms with Crippen molar-refractivity contribution in [3.8, 4) is 23.0 Å². The Kier molecular flexibility index (Phi) is 10.7. The molecular weight excluding hydrogens is 532 g/mol. The molecule has 0 heterocycles. The van der Waals surface area contributed by atoms with E-state index in [1.165, 1.54) is 18.9 Å². The zero-order valence-corrected chi connectivity index (χ0v) is 24.0. The Morgan fingerprint density at radius 3 is 2.14 bits per heavy atom. The Labute approximate surface area is 245 Å². The fraction of sp³-hybridized carbons (Fsp3) is 0.206. The van der Waals surface area contributed by atoms with E-state index in [0.29, 0.717) is 47.2 Å². The van der Waals surface area contributed by atoms with Crippen LogP contribution in [0.25, 0.3) is 0 Å². The largest absolute Gasteiger partial charge is 0.494 e. The Hall–Kier alpha value is -5.11. The van der Waals surface area contributed by atoms with Crippen LogP contribution in [0.4, 0.5) is 0 Å². The number of esters is 1. The maximum Gasteiger partial charge on any atom is 0.343 e. The van der Waals surface area contributed by atoms with E-state index in [-0.39, 0.29) is 11.7 Å². The van der Waals surface area contributed by atoms with Crippen LogP contribution in [0.2, 0.25) is 0 Å². The number of rotatable bonds is 13. The maximum absolute atomic E-state index is 12.7. The quantitative estimate of drug-likeness (QED) is 0.0633. The summed E-state index contributed by atoms with van der Waals surface area (Å²) >= 11 is 0. The van der Waals surface area contributed by atoms with E-state index in [1.807, 2.05) is 31.2 Å². The minimum atomic E-state index is -0.520. The number of ether oxygens (including phenoxy) is 4. The number of benzene rings is 4. The molecule has 0 aliphatic carbocycles. The summed E-state index contributed by atoms with van der Waals surface area (Å²) in [4.78, 5) is 25.2. The lowest BCUT2D eigenvalue weighted by atomic mass is 10.2. The van der Waals surface area contributed by atoms with Gasteiger partial charge in [0.1, 0.15) is 18.1 Å². The van der Waals surface area contributed by atoms with Crippen LogP contribution >= 0.6 is 0 Å². The SMILES string of the molecule is CCCCOc1ccc(C(=O)Oc2ccc(C=NNC(=O)c3ccc(OCc4ccc(C)cc4)cc3)cc2OC)cc1. The molecular formula is C34H34N2O6. The van der Waals surface area contributed by atoms with Crippen LogP contribution < -0.4 is 24.4 Å². The molecule has 0 bridgehead atoms. The van der Waals surface area contributed by atoms with Gasteiger partial charge < -0.3 is 18.9 Å². The van der Waals surface area contributed by atoms with Crippen LogP contribution in [-0.4, -0.2) is 31.8 Å². The molecule has 8 heteroatoms. The van der Waals surface area contributed by atoms with Gasteiger partial charge in [0.15, 0.2) is 11.5 Å². The predicted octanol–water partition coefficient (Wildman–Crippen LogP) is 6.74. The molecule has 216 valence electrons. The molecule has 0 unspecified atom stereocenters. The summed E-state index contributed by atoms with van der Waals surface area (Å²) in [5.74, 6) is 1.09. The molecule has 0 saturated carbocycles. The second-order valence-corrected chi connectivity index (χ2v) is 9.52. The van der Waals surface area contributed by atoms with Gasteiger partial charge in [0.2, 0.25) is 0 Å². The third-order valence-electron chi connectivity index (χ3n) is 6.27. The standard InChI is InChI=1S/C34H34N2O6/c1-4-5-20-40-29-17-13-28(14-18-29)34(38)42-31-19-10-26(21-32(31)39-3)22-35-36-33(37)27-11-15-30(16-12-27)41-23-25-8-6-24(2)7-9-25/h6-19,21-22H,4-5,20,23H2,1-3H3,(H,36,37). The normalized spacial score (nSPS) is 10.7. The van der Waals surface area contributed by atoms with E-state index in [2.05, 4.69) is 17.5 Å². The van der Waals surface area contributed by atoms with Crippen molar-refractivity contribution in [2.75, 3.05) is 13.7 Å². The van der Waals surface area contributed by atoms with Crippen LogP contribution in [0.15, 0.2) is 96.1 Å². The second kappa shape index (κ2) is 15.0. The van der Waals surface area contributed by atoms with E-state index in [4.69, 9.17) is 18.9 Å². The first-order valence-electron chi connectivity index (χ1n) is 13.7. The highest BCUT2D eigenvalue weighted by Gasteiger charge is 2.13. The number of amides is 1. The lowest BCUT2D eigenvalue weighted by Gasteiger charge is -2.10. The fourth-order valence-electron chi connectivity index (χ4n) is 3.81. The molecule has 0 aliphatic rings. The van der Waals surface area contributed by atoms with Gasteiger partial charge in [-0.15, -0.1) is 0 Å². The fourth-order valence-corrected chi connectivity index (χ4v) is 3.81. The zero-order valence-electron chi connectivity index (χ0n) is 24.0. The van der Waals surface area contributed by atoms with Crippen molar-refractivity contribution in [2.24, 2.45) is 5.10 Å². The average Bonchev–Trinajstić information content (AvgIpc) is 3.02. The molecule has 1 N–H and O–H groups in total. The van der Waals surface area contributed by atoms with Crippen LogP contribution in [0.1, 0.15) is 57.2 Å². The Bertz CT molecular complexity index is 1500. The molecule has 0 spiro atoms. The summed E-state index contributed by atoms with van der Waals surface area (Å²) in [6.45, 7) is 5.21. The molecule has 0 fully saturated rings. The third kappa shape index (κ3) is 8.69. The highest BCUT2D eigenvalue weighted by atomic mass is 16.6. The smallest absolute Gasteiger partial charge is 0.343 e. The summed E-state index contributed by atoms with van der Waals surface area (Å²) in [7, 11) is 1.48. The first-order valence-corrected chi connectivity index (χ1v) is 13.7. The molecule has 8 nitrogen and oxygen atoms in total. The molecule has 0 radical (unpaired) electrons. The topological polar surface area (TPSA) is 95.5 Å². The molecule has 1 amide bonds. The molecule has 0 saturated heterocycles. The number of carbonyl (C=O) groups is 2. The van der Waals surface area contributed by atoms with E-state index in [1.54, 1.807) is 66.7 Å². The van der Waals surface area contributed by atoms with Gasteiger partial charge in [-0.05, 0) is 91.2 Å². The average molecular weight is 567 g/mol. The second-order valence-electron chi connectivity index (χ2n) is 9.52. The minimum Gasteiger partial charge on any atom is -0.494 e. The van der Waals surface area contributed by atoms with E-state index < -0.39 is 5.97 Å². The van der Waals surface area contributed by atoms with E-state index >= 15 is 0 Å². The van der Waals surface area contributed by atoms with Crippen molar-refractivity contribution in [3.05, 3.63) is 119 Å². The summed E-state index contributed by atoms with van der Waals surface area (Å²) in [5, 5.41) is 4.04. The zero-order chi connectivity index (χ0) is 29.7. The molecule has 0 aromatic heterocycles. The van der Waals surface area contributed by atoms with Crippen molar-refractivity contribution in [2.45, 2.75) is 33.3 Å². The van der Waals surface area contributed by atoms with Gasteiger partial charge >= 0.3 is 5.97 Å². The molecule has 42 heavy (non-hydrogen) atoms. The van der Waals surface area contributed by atoms with E-state index in [9.17, 15) is 9.59 Å². The van der Waals surface area contributed by atoms with Gasteiger partial charge in [-0.3, -0.25) is 4.79 Å². The van der Waals surface area contributed by atoms with Gasteiger partial charge in [-0.25, -0.2) is 10.2 Å². The van der Waals surface area contributed by atoms with Gasteiger partial charge in [-0.1, -0.05) is 43.2 Å². The number of unbranched alkanes of at least 4 members (excludes halogenated alkanes) is 1. The maximum atomic E-state index is 12.7. The summed E-state index contributed by atoms with van der Waals surface area (Å²) < 4.78 is 22.4. The molecule has 4 rings (SSSR count).